The molecule has 2 fully saturated rings. The van der Waals surface area contributed by atoms with Crippen molar-refractivity contribution in [2.45, 2.75) is 19.1 Å². The third kappa shape index (κ3) is 1.79. The van der Waals surface area contributed by atoms with Crippen molar-refractivity contribution in [3.05, 3.63) is 0 Å². The Balaban J connectivity index is 1.85. The third-order valence-electron chi connectivity index (χ3n) is 2.69. The number of ether oxygens (including phenoxy) is 2. The molecule has 0 spiro atoms. The summed E-state index contributed by atoms with van der Waals surface area (Å²) in [5.74, 6) is 0.603. The Labute approximate surface area is 73.6 Å². The average molecular weight is 171 g/mol. The van der Waals surface area contributed by atoms with Crippen LogP contribution < -0.4 is 0 Å². The van der Waals surface area contributed by atoms with Gasteiger partial charge in [-0.15, -0.1) is 0 Å². The van der Waals surface area contributed by atoms with Crippen LogP contribution in [0.15, 0.2) is 0 Å². The molecule has 2 heterocycles. The number of piperidine rings is 1. The molecule has 3 heteroatoms. The van der Waals surface area contributed by atoms with Crippen molar-refractivity contribution in [2.24, 2.45) is 5.92 Å². The van der Waals surface area contributed by atoms with Crippen LogP contribution in [0.25, 0.3) is 0 Å². The van der Waals surface area contributed by atoms with Gasteiger partial charge in [-0.1, -0.05) is 0 Å². The number of hydrogen-bond acceptors (Lipinski definition) is 3. The van der Waals surface area contributed by atoms with Crippen LogP contribution in [0, 0.1) is 5.92 Å². The first-order chi connectivity index (χ1) is 5.86. The quantitative estimate of drug-likeness (QED) is 0.579. The molecule has 0 aromatic rings. The number of hydrogen-bond donors (Lipinski definition) is 0. The van der Waals surface area contributed by atoms with Gasteiger partial charge < -0.3 is 14.4 Å². The van der Waals surface area contributed by atoms with Gasteiger partial charge in [0.1, 0.15) is 0 Å². The van der Waals surface area contributed by atoms with E-state index in [-0.39, 0.29) is 6.29 Å². The van der Waals surface area contributed by atoms with E-state index in [1.54, 1.807) is 0 Å². The molecule has 1 unspecified atom stereocenters. The predicted octanol–water partition coefficient (Wildman–Crippen LogP) is 0.701. The van der Waals surface area contributed by atoms with E-state index >= 15 is 0 Å². The minimum Gasteiger partial charge on any atom is -0.350 e. The highest BCUT2D eigenvalue weighted by Crippen LogP contribution is 2.23. The summed E-state index contributed by atoms with van der Waals surface area (Å²) in [6.45, 7) is 3.92. The molecule has 2 aliphatic heterocycles. The first-order valence-electron chi connectivity index (χ1n) is 4.78. The first kappa shape index (κ1) is 8.48. The molecule has 3 nitrogen and oxygen atoms in total. The van der Waals surface area contributed by atoms with Crippen LogP contribution in [0.2, 0.25) is 0 Å². The molecule has 0 aliphatic carbocycles. The maximum atomic E-state index is 5.49. The van der Waals surface area contributed by atoms with Gasteiger partial charge in [0.05, 0.1) is 13.2 Å². The van der Waals surface area contributed by atoms with E-state index < -0.39 is 0 Å². The van der Waals surface area contributed by atoms with E-state index in [9.17, 15) is 0 Å². The molecule has 1 atom stereocenters. The largest absolute Gasteiger partial charge is 0.350 e. The molecule has 0 amide bonds. The molecule has 0 aromatic heterocycles. The van der Waals surface area contributed by atoms with Gasteiger partial charge in [0.15, 0.2) is 6.29 Å². The molecule has 0 radical (unpaired) electrons. The van der Waals surface area contributed by atoms with Crippen molar-refractivity contribution in [1.29, 1.82) is 0 Å². The standard InChI is InChI=1S/C9H17NO2/c1-10-4-2-3-8(7-10)9-11-5-6-12-9/h8-9H,2-7H2,1H3. The second-order valence-electron chi connectivity index (χ2n) is 3.77. The lowest BCUT2D eigenvalue weighted by Gasteiger charge is -2.32. The van der Waals surface area contributed by atoms with Gasteiger partial charge in [0.25, 0.3) is 0 Å². The van der Waals surface area contributed by atoms with Crippen LogP contribution in [-0.4, -0.2) is 44.5 Å². The summed E-state index contributed by atoms with van der Waals surface area (Å²) in [4.78, 5) is 2.36. The van der Waals surface area contributed by atoms with Crippen molar-refractivity contribution < 1.29 is 9.47 Å². The van der Waals surface area contributed by atoms with Crippen LogP contribution in [0.1, 0.15) is 12.8 Å². The smallest absolute Gasteiger partial charge is 0.161 e. The van der Waals surface area contributed by atoms with Crippen molar-refractivity contribution in [3.63, 3.8) is 0 Å². The van der Waals surface area contributed by atoms with Crippen molar-refractivity contribution in [3.8, 4) is 0 Å². The van der Waals surface area contributed by atoms with Crippen molar-refractivity contribution in [2.75, 3.05) is 33.4 Å². The van der Waals surface area contributed by atoms with Crippen LogP contribution in [0.5, 0.6) is 0 Å². The summed E-state index contributed by atoms with van der Waals surface area (Å²) in [6, 6.07) is 0. The normalized spacial score (nSPS) is 34.2. The lowest BCUT2D eigenvalue weighted by Crippen LogP contribution is -2.38. The minimum atomic E-state index is 0.0905. The van der Waals surface area contributed by atoms with Crippen molar-refractivity contribution >= 4 is 0 Å². The molecular weight excluding hydrogens is 154 g/mol. The zero-order valence-electron chi connectivity index (χ0n) is 7.66. The van der Waals surface area contributed by atoms with Gasteiger partial charge >= 0.3 is 0 Å². The Kier molecular flexibility index (Phi) is 2.63. The molecule has 70 valence electrons. The second-order valence-corrected chi connectivity index (χ2v) is 3.77. The summed E-state index contributed by atoms with van der Waals surface area (Å²) in [5, 5.41) is 0. The van der Waals surface area contributed by atoms with Crippen LogP contribution in [0.4, 0.5) is 0 Å². The molecule has 12 heavy (non-hydrogen) atoms. The molecule has 2 aliphatic rings. The first-order valence-corrected chi connectivity index (χ1v) is 4.78. The topological polar surface area (TPSA) is 21.7 Å². The third-order valence-corrected chi connectivity index (χ3v) is 2.69. The van der Waals surface area contributed by atoms with Gasteiger partial charge in [-0.25, -0.2) is 0 Å². The number of rotatable bonds is 1. The molecular formula is C9H17NO2. The predicted molar refractivity (Wildman–Crippen MR) is 45.9 cm³/mol. The summed E-state index contributed by atoms with van der Waals surface area (Å²) in [6.07, 6.45) is 2.63. The van der Waals surface area contributed by atoms with Crippen molar-refractivity contribution in [1.82, 2.24) is 4.90 Å². The van der Waals surface area contributed by atoms with E-state index in [0.29, 0.717) is 5.92 Å². The van der Waals surface area contributed by atoms with Crippen LogP contribution in [-0.2, 0) is 9.47 Å². The van der Waals surface area contributed by atoms with E-state index in [0.717, 1.165) is 19.8 Å². The molecule has 0 N–H and O–H groups in total. The fourth-order valence-corrected chi connectivity index (χ4v) is 2.08. The van der Waals surface area contributed by atoms with E-state index in [1.165, 1.54) is 19.4 Å². The molecule has 2 saturated heterocycles. The zero-order chi connectivity index (χ0) is 8.39. The van der Waals surface area contributed by atoms with Gasteiger partial charge in [-0.2, -0.15) is 0 Å². The molecule has 0 aromatic carbocycles. The van der Waals surface area contributed by atoms with Gasteiger partial charge in [0.2, 0.25) is 0 Å². The molecule has 0 saturated carbocycles. The SMILES string of the molecule is CN1CCCC(C2OCCO2)C1. The summed E-state index contributed by atoms with van der Waals surface area (Å²) in [5.41, 5.74) is 0. The summed E-state index contributed by atoms with van der Waals surface area (Å²) >= 11 is 0. The monoisotopic (exact) mass is 171 g/mol. The van der Waals surface area contributed by atoms with E-state index in [1.807, 2.05) is 0 Å². The minimum absolute atomic E-state index is 0.0905. The van der Waals surface area contributed by atoms with Gasteiger partial charge in [-0.05, 0) is 26.4 Å². The number of likely N-dealkylation sites (tertiary alicyclic amines) is 1. The molecule has 0 bridgehead atoms. The van der Waals surface area contributed by atoms with Gasteiger partial charge in [-0.3, -0.25) is 0 Å². The van der Waals surface area contributed by atoms with E-state index in [2.05, 4.69) is 11.9 Å². The summed E-state index contributed by atoms with van der Waals surface area (Å²) in [7, 11) is 2.17. The average Bonchev–Trinajstić information content (AvgIpc) is 2.56. The highest BCUT2D eigenvalue weighted by molar-refractivity contribution is 4.74. The zero-order valence-corrected chi connectivity index (χ0v) is 7.66. The van der Waals surface area contributed by atoms with Crippen LogP contribution >= 0.6 is 0 Å². The Morgan fingerprint density at radius 1 is 1.25 bits per heavy atom. The maximum Gasteiger partial charge on any atom is 0.161 e. The fourth-order valence-electron chi connectivity index (χ4n) is 2.08. The second kappa shape index (κ2) is 3.73. The fraction of sp³-hybridized carbons (Fsp3) is 1.00. The Morgan fingerprint density at radius 3 is 2.67 bits per heavy atom. The van der Waals surface area contributed by atoms with Crippen LogP contribution in [0.3, 0.4) is 0 Å². The maximum absolute atomic E-state index is 5.49. The van der Waals surface area contributed by atoms with E-state index in [4.69, 9.17) is 9.47 Å². The highest BCUT2D eigenvalue weighted by atomic mass is 16.7. The Morgan fingerprint density at radius 2 is 2.00 bits per heavy atom. The summed E-state index contributed by atoms with van der Waals surface area (Å²) < 4.78 is 11.0. The Bertz CT molecular complexity index is 145. The number of nitrogens with zero attached hydrogens (tertiary/aromatic N) is 1. The highest BCUT2D eigenvalue weighted by Gasteiger charge is 2.29. The Hall–Kier alpha value is -0.120. The van der Waals surface area contributed by atoms with Gasteiger partial charge in [0, 0.05) is 12.5 Å². The lowest BCUT2D eigenvalue weighted by molar-refractivity contribution is -0.0980. The molecule has 2 rings (SSSR count). The lowest BCUT2D eigenvalue weighted by atomic mass is 9.98.